The molecular weight excluding hydrogens is 680 g/mol. The van der Waals surface area contributed by atoms with Crippen LogP contribution in [-0.4, -0.2) is 9.79 Å². The highest BCUT2D eigenvalue weighted by Crippen LogP contribution is 2.52. The van der Waals surface area contributed by atoms with Gasteiger partial charge in [0, 0.05) is 11.1 Å². The Labute approximate surface area is 325 Å². The van der Waals surface area contributed by atoms with E-state index in [0.717, 1.165) is 33.4 Å². The van der Waals surface area contributed by atoms with E-state index in [1.54, 1.807) is 0 Å². The summed E-state index contributed by atoms with van der Waals surface area (Å²) in [5.41, 5.74) is 14.1. The van der Waals surface area contributed by atoms with E-state index in [0.29, 0.717) is 29.4 Å². The normalized spacial score (nSPS) is 12.3. The van der Waals surface area contributed by atoms with Crippen molar-refractivity contribution in [1.29, 1.82) is 0 Å². The molecule has 282 valence electrons. The fourth-order valence-corrected chi connectivity index (χ4v) is 8.46. The molecule has 0 aliphatic rings. The second-order valence-electron chi connectivity index (χ2n) is 17.0. The van der Waals surface area contributed by atoms with Gasteiger partial charge in [-0.3, -0.25) is 0 Å². The summed E-state index contributed by atoms with van der Waals surface area (Å²) in [5, 5.41) is 4.97. The summed E-state index contributed by atoms with van der Waals surface area (Å²) in [4.78, 5) is 21.1. The third-order valence-electron chi connectivity index (χ3n) is 11.1. The molecule has 0 atom stereocenters. The Bertz CT molecular complexity index is 2290. The van der Waals surface area contributed by atoms with Gasteiger partial charge in [-0.05, 0) is 131 Å². The maximum absolute atomic E-state index is 10.5. The Hall–Kier alpha value is -4.01. The minimum atomic E-state index is -2.69. The Morgan fingerprint density at radius 3 is 1.28 bits per heavy atom. The highest BCUT2D eigenvalue weighted by Gasteiger charge is 2.27. The number of fused-ring (bicyclic) bond motifs is 2. The molecule has 6 aromatic carbocycles. The lowest BCUT2D eigenvalue weighted by atomic mass is 9.78. The van der Waals surface area contributed by atoms with Crippen molar-refractivity contribution in [2.24, 2.45) is 0 Å². The van der Waals surface area contributed by atoms with Gasteiger partial charge in [-0.2, -0.15) is 0 Å². The Morgan fingerprint density at radius 1 is 0.426 bits per heavy atom. The van der Waals surface area contributed by atoms with Gasteiger partial charge >= 0.3 is 8.60 Å². The quantitative estimate of drug-likeness (QED) is 0.130. The molecule has 0 saturated heterocycles. The second-order valence-corrected chi connectivity index (χ2v) is 17.7. The van der Waals surface area contributed by atoms with Crippen LogP contribution in [0.3, 0.4) is 0 Å². The Kier molecular flexibility index (Phi) is 11.8. The van der Waals surface area contributed by atoms with E-state index in [4.69, 9.17) is 4.52 Å². The van der Waals surface area contributed by atoms with Gasteiger partial charge in [0.05, 0.1) is 0 Å². The van der Waals surface area contributed by atoms with Gasteiger partial charge in [-0.1, -0.05) is 156 Å². The summed E-state index contributed by atoms with van der Waals surface area (Å²) < 4.78 is 6.10. The maximum Gasteiger partial charge on any atom is 0.391 e. The number of benzene rings is 6. The lowest BCUT2D eigenvalue weighted by Crippen LogP contribution is -2.04. The summed E-state index contributed by atoms with van der Waals surface area (Å²) in [5.74, 6) is 2.34. The molecule has 2 N–H and O–H groups in total. The van der Waals surface area contributed by atoms with Crippen molar-refractivity contribution in [1.82, 2.24) is 0 Å². The van der Waals surface area contributed by atoms with E-state index in [2.05, 4.69) is 168 Å². The molecule has 3 nitrogen and oxygen atoms in total. The lowest BCUT2D eigenvalue weighted by Gasteiger charge is -2.27. The standard InChI is InChI=1S/C50H59O3P/c1-28(2)35-20-37-24-42(32(9)10)46(26-44(37)40(22-35)30(5)6)49-39(34-16-14-13-15-17-34)18-19-48(53-54(51)52)50(49)47-27-45-38(25-43(47)33(11)12)21-36(29(3)4)23-41(45)31(7)8/h13-33,51-52H,1-12H3. The zero-order chi connectivity index (χ0) is 39.2. The van der Waals surface area contributed by atoms with Gasteiger partial charge in [0.15, 0.2) is 0 Å². The highest BCUT2D eigenvalue weighted by molar-refractivity contribution is 7.39. The second kappa shape index (κ2) is 16.0. The van der Waals surface area contributed by atoms with Crippen LogP contribution >= 0.6 is 8.60 Å². The van der Waals surface area contributed by atoms with Crippen LogP contribution in [0.15, 0.2) is 91.0 Å². The van der Waals surface area contributed by atoms with Crippen LogP contribution in [0.4, 0.5) is 0 Å². The van der Waals surface area contributed by atoms with Crippen LogP contribution in [0.25, 0.3) is 54.9 Å². The Morgan fingerprint density at radius 2 is 0.870 bits per heavy atom. The summed E-state index contributed by atoms with van der Waals surface area (Å²) >= 11 is 0. The predicted octanol–water partition coefficient (Wildman–Crippen LogP) is 15.3. The fourth-order valence-electron chi connectivity index (χ4n) is 8.13. The number of hydrogen-bond donors (Lipinski definition) is 2. The van der Waals surface area contributed by atoms with E-state index in [-0.39, 0.29) is 11.8 Å². The van der Waals surface area contributed by atoms with E-state index in [1.807, 2.05) is 6.07 Å². The van der Waals surface area contributed by atoms with Crippen molar-refractivity contribution in [2.75, 3.05) is 0 Å². The molecule has 0 aliphatic heterocycles. The third-order valence-corrected chi connectivity index (χ3v) is 11.5. The van der Waals surface area contributed by atoms with E-state index in [9.17, 15) is 9.79 Å². The molecule has 4 heteroatoms. The summed E-state index contributed by atoms with van der Waals surface area (Å²) in [7, 11) is -2.69. The molecule has 6 aromatic rings. The first-order valence-electron chi connectivity index (χ1n) is 19.9. The van der Waals surface area contributed by atoms with Crippen LogP contribution in [0.2, 0.25) is 0 Å². The van der Waals surface area contributed by atoms with Crippen LogP contribution < -0.4 is 4.52 Å². The first-order valence-corrected chi connectivity index (χ1v) is 21.1. The minimum absolute atomic E-state index is 0.184. The van der Waals surface area contributed by atoms with E-state index < -0.39 is 8.60 Å². The van der Waals surface area contributed by atoms with Crippen molar-refractivity contribution >= 4 is 30.1 Å². The molecule has 0 radical (unpaired) electrons. The van der Waals surface area contributed by atoms with Gasteiger partial charge in [-0.15, -0.1) is 0 Å². The number of hydrogen-bond acceptors (Lipinski definition) is 3. The number of rotatable bonds is 11. The van der Waals surface area contributed by atoms with Gasteiger partial charge in [0.1, 0.15) is 5.75 Å². The molecule has 0 unspecified atom stereocenters. The molecular formula is C50H59O3P. The van der Waals surface area contributed by atoms with Gasteiger partial charge in [0.2, 0.25) is 0 Å². The van der Waals surface area contributed by atoms with Crippen LogP contribution in [0.1, 0.15) is 152 Å². The Balaban J connectivity index is 1.86. The van der Waals surface area contributed by atoms with Crippen molar-refractivity contribution in [3.05, 3.63) is 124 Å². The van der Waals surface area contributed by atoms with Crippen molar-refractivity contribution in [2.45, 2.75) is 119 Å². The molecule has 0 aliphatic carbocycles. The average molecular weight is 739 g/mol. The zero-order valence-electron chi connectivity index (χ0n) is 34.4. The molecule has 0 saturated carbocycles. The third kappa shape index (κ3) is 7.74. The summed E-state index contributed by atoms with van der Waals surface area (Å²) in [6.07, 6.45) is 0. The minimum Gasteiger partial charge on any atom is -0.426 e. The maximum atomic E-state index is 10.5. The van der Waals surface area contributed by atoms with E-state index in [1.165, 1.54) is 54.9 Å². The molecule has 54 heavy (non-hydrogen) atoms. The molecule has 0 heterocycles. The first-order chi connectivity index (χ1) is 25.6. The van der Waals surface area contributed by atoms with E-state index >= 15 is 0 Å². The van der Waals surface area contributed by atoms with Gasteiger partial charge in [0.25, 0.3) is 0 Å². The van der Waals surface area contributed by atoms with Gasteiger partial charge < -0.3 is 14.3 Å². The fraction of sp³-hybridized carbons (Fsp3) is 0.360. The van der Waals surface area contributed by atoms with Crippen LogP contribution in [0, 0.1) is 0 Å². The van der Waals surface area contributed by atoms with Crippen LogP contribution in [-0.2, 0) is 0 Å². The molecule has 0 aromatic heterocycles. The molecule has 0 amide bonds. The largest absolute Gasteiger partial charge is 0.426 e. The van der Waals surface area contributed by atoms with Gasteiger partial charge in [-0.25, -0.2) is 0 Å². The molecule has 0 fully saturated rings. The lowest BCUT2D eigenvalue weighted by molar-refractivity contribution is 0.375. The van der Waals surface area contributed by atoms with Crippen molar-refractivity contribution in [3.8, 4) is 39.1 Å². The zero-order valence-corrected chi connectivity index (χ0v) is 35.3. The first kappa shape index (κ1) is 39.7. The van der Waals surface area contributed by atoms with Crippen molar-refractivity contribution in [3.63, 3.8) is 0 Å². The smallest absolute Gasteiger partial charge is 0.391 e. The van der Waals surface area contributed by atoms with Crippen molar-refractivity contribution < 1.29 is 14.3 Å². The summed E-state index contributed by atoms with van der Waals surface area (Å²) in [6, 6.07) is 33.7. The monoisotopic (exact) mass is 738 g/mol. The summed E-state index contributed by atoms with van der Waals surface area (Å²) in [6.45, 7) is 27.3. The molecule has 6 rings (SSSR count). The molecule has 0 bridgehead atoms. The SMILES string of the molecule is CC(C)c1cc(C(C)C)c2cc(-c3c(OP(O)O)ccc(-c4ccccc4)c3-c3cc4c(C(C)C)cc(C(C)C)cc4cc3C(C)C)c(C(C)C)cc2c1. The highest BCUT2D eigenvalue weighted by atomic mass is 31.2. The van der Waals surface area contributed by atoms with Crippen LogP contribution in [0.5, 0.6) is 5.75 Å². The average Bonchev–Trinajstić information content (AvgIpc) is 3.12. The predicted molar refractivity (Wildman–Crippen MR) is 234 cm³/mol. The topological polar surface area (TPSA) is 49.7 Å². The molecule has 0 spiro atoms.